The topological polar surface area (TPSA) is 63.3 Å². The zero-order chi connectivity index (χ0) is 14.9. The van der Waals surface area contributed by atoms with E-state index in [1.54, 1.807) is 0 Å². The average Bonchev–Trinajstić information content (AvgIpc) is 2.38. The molecule has 2 aromatic rings. The second-order valence-electron chi connectivity index (χ2n) is 4.19. The Bertz CT molecular complexity index is 648. The first-order valence-electron chi connectivity index (χ1n) is 5.59. The molecule has 0 spiro atoms. The van der Waals surface area contributed by atoms with Crippen molar-refractivity contribution in [3.8, 4) is 11.1 Å². The molecule has 104 valence electrons. The second-order valence-corrected chi connectivity index (χ2v) is 4.19. The molecule has 3 nitrogen and oxygen atoms in total. The van der Waals surface area contributed by atoms with Gasteiger partial charge in [0.2, 0.25) is 0 Å². The highest BCUT2D eigenvalue weighted by Crippen LogP contribution is 2.38. The van der Waals surface area contributed by atoms with Crippen molar-refractivity contribution < 1.29 is 23.1 Å². The summed E-state index contributed by atoms with van der Waals surface area (Å²) in [5, 5.41) is 8.77. The third-order valence-corrected chi connectivity index (χ3v) is 2.79. The molecular weight excluding hydrogens is 271 g/mol. The van der Waals surface area contributed by atoms with Gasteiger partial charge in [-0.15, -0.1) is 0 Å². The smallest absolute Gasteiger partial charge is 0.417 e. The zero-order valence-electron chi connectivity index (χ0n) is 10.1. The summed E-state index contributed by atoms with van der Waals surface area (Å²) in [6.45, 7) is 0. The number of benzene rings is 2. The van der Waals surface area contributed by atoms with Gasteiger partial charge in [-0.1, -0.05) is 18.2 Å². The number of carbonyl (C=O) groups is 1. The number of carboxylic acids is 1. The van der Waals surface area contributed by atoms with Crippen molar-refractivity contribution in [1.82, 2.24) is 0 Å². The average molecular weight is 281 g/mol. The van der Waals surface area contributed by atoms with E-state index in [0.29, 0.717) is 0 Å². The first-order valence-corrected chi connectivity index (χ1v) is 5.59. The van der Waals surface area contributed by atoms with Crippen LogP contribution in [0.25, 0.3) is 11.1 Å². The molecule has 0 fully saturated rings. The molecule has 2 aromatic carbocycles. The Morgan fingerprint density at radius 1 is 1.05 bits per heavy atom. The van der Waals surface area contributed by atoms with Gasteiger partial charge in [-0.05, 0) is 35.4 Å². The number of nitrogens with two attached hydrogens (primary N) is 1. The van der Waals surface area contributed by atoms with Crippen LogP contribution in [0.15, 0.2) is 42.5 Å². The highest BCUT2D eigenvalue weighted by Gasteiger charge is 2.33. The number of carboxylic acid groups (broad SMARTS) is 1. The first kappa shape index (κ1) is 13.9. The lowest BCUT2D eigenvalue weighted by Gasteiger charge is -2.14. The Morgan fingerprint density at radius 3 is 2.15 bits per heavy atom. The molecule has 0 aliphatic heterocycles. The Kier molecular flexibility index (Phi) is 3.40. The summed E-state index contributed by atoms with van der Waals surface area (Å²) in [5.74, 6) is -1.13. The second kappa shape index (κ2) is 4.88. The lowest BCUT2D eigenvalue weighted by atomic mass is 9.98. The van der Waals surface area contributed by atoms with Gasteiger partial charge in [0.25, 0.3) is 0 Å². The maximum atomic E-state index is 13.0. The number of rotatable bonds is 2. The maximum Gasteiger partial charge on any atom is 0.417 e. The molecule has 0 aromatic heterocycles. The molecule has 6 heteroatoms. The predicted octanol–water partition coefficient (Wildman–Crippen LogP) is 3.65. The maximum absolute atomic E-state index is 13.0. The van der Waals surface area contributed by atoms with Crippen LogP contribution in [0.3, 0.4) is 0 Å². The number of anilines is 1. The Hall–Kier alpha value is -2.50. The van der Waals surface area contributed by atoms with Crippen LogP contribution < -0.4 is 5.73 Å². The normalized spacial score (nSPS) is 11.3. The molecule has 0 aliphatic carbocycles. The van der Waals surface area contributed by atoms with Crippen LogP contribution in [0.1, 0.15) is 15.9 Å². The number of hydrogen-bond donors (Lipinski definition) is 2. The molecule has 0 saturated carbocycles. The van der Waals surface area contributed by atoms with Crippen molar-refractivity contribution in [3.05, 3.63) is 53.6 Å². The van der Waals surface area contributed by atoms with E-state index >= 15 is 0 Å². The van der Waals surface area contributed by atoms with Gasteiger partial charge in [0.15, 0.2) is 0 Å². The molecule has 0 unspecified atom stereocenters. The molecule has 0 atom stereocenters. The molecule has 20 heavy (non-hydrogen) atoms. The van der Waals surface area contributed by atoms with E-state index in [0.717, 1.165) is 6.07 Å². The van der Waals surface area contributed by atoms with Crippen LogP contribution in [0.5, 0.6) is 0 Å². The van der Waals surface area contributed by atoms with E-state index in [4.69, 9.17) is 10.8 Å². The van der Waals surface area contributed by atoms with Crippen molar-refractivity contribution >= 4 is 11.7 Å². The minimum absolute atomic E-state index is 0.0118. The Morgan fingerprint density at radius 2 is 1.65 bits per heavy atom. The molecule has 0 radical (unpaired) electrons. The molecule has 0 aliphatic rings. The van der Waals surface area contributed by atoms with Gasteiger partial charge in [-0.2, -0.15) is 13.2 Å². The number of hydrogen-bond acceptors (Lipinski definition) is 2. The SMILES string of the molecule is Nc1ccc(-c2ccc(C(=O)O)cc2)c(C(F)(F)F)c1. The molecule has 0 saturated heterocycles. The summed E-state index contributed by atoms with van der Waals surface area (Å²) in [5.41, 5.74) is 4.81. The summed E-state index contributed by atoms with van der Waals surface area (Å²) in [6.07, 6.45) is -4.53. The van der Waals surface area contributed by atoms with Gasteiger partial charge >= 0.3 is 12.1 Å². The van der Waals surface area contributed by atoms with Crippen LogP contribution in [0.2, 0.25) is 0 Å². The summed E-state index contributed by atoms with van der Waals surface area (Å²) < 4.78 is 38.9. The van der Waals surface area contributed by atoms with Crippen LogP contribution in [-0.4, -0.2) is 11.1 Å². The van der Waals surface area contributed by atoms with E-state index in [1.165, 1.54) is 36.4 Å². The van der Waals surface area contributed by atoms with E-state index in [2.05, 4.69) is 0 Å². The van der Waals surface area contributed by atoms with E-state index in [9.17, 15) is 18.0 Å². The van der Waals surface area contributed by atoms with E-state index in [-0.39, 0.29) is 22.4 Å². The third kappa shape index (κ3) is 2.74. The third-order valence-electron chi connectivity index (χ3n) is 2.79. The molecular formula is C14H10F3NO2. The summed E-state index contributed by atoms with van der Waals surface area (Å²) in [7, 11) is 0. The molecule has 0 amide bonds. The number of aromatic carboxylic acids is 1. The van der Waals surface area contributed by atoms with Crippen LogP contribution >= 0.6 is 0 Å². The Labute approximate surface area is 112 Å². The first-order chi connectivity index (χ1) is 9.29. The number of nitrogen functional groups attached to an aromatic ring is 1. The minimum atomic E-state index is -4.53. The molecule has 2 rings (SSSR count). The van der Waals surface area contributed by atoms with Gasteiger partial charge in [-0.3, -0.25) is 0 Å². The van der Waals surface area contributed by atoms with E-state index in [1.807, 2.05) is 0 Å². The molecule has 0 bridgehead atoms. The predicted molar refractivity (Wildman–Crippen MR) is 68.3 cm³/mol. The van der Waals surface area contributed by atoms with Crippen molar-refractivity contribution in [2.45, 2.75) is 6.18 Å². The number of halogens is 3. The fourth-order valence-electron chi connectivity index (χ4n) is 1.84. The lowest BCUT2D eigenvalue weighted by molar-refractivity contribution is -0.137. The van der Waals surface area contributed by atoms with Crippen molar-refractivity contribution in [3.63, 3.8) is 0 Å². The van der Waals surface area contributed by atoms with Crippen molar-refractivity contribution in [2.24, 2.45) is 0 Å². The van der Waals surface area contributed by atoms with Crippen molar-refractivity contribution in [2.75, 3.05) is 5.73 Å². The van der Waals surface area contributed by atoms with Crippen LogP contribution in [0, 0.1) is 0 Å². The van der Waals surface area contributed by atoms with Gasteiger partial charge in [0.05, 0.1) is 11.1 Å². The van der Waals surface area contributed by atoms with Gasteiger partial charge < -0.3 is 10.8 Å². The number of alkyl halides is 3. The summed E-state index contributed by atoms with van der Waals surface area (Å²) in [4.78, 5) is 10.7. The molecule has 3 N–H and O–H groups in total. The summed E-state index contributed by atoms with van der Waals surface area (Å²) in [6, 6.07) is 8.70. The van der Waals surface area contributed by atoms with Crippen LogP contribution in [0.4, 0.5) is 18.9 Å². The van der Waals surface area contributed by atoms with Gasteiger partial charge in [0.1, 0.15) is 0 Å². The van der Waals surface area contributed by atoms with Crippen molar-refractivity contribution in [1.29, 1.82) is 0 Å². The van der Waals surface area contributed by atoms with Gasteiger partial charge in [0, 0.05) is 5.69 Å². The van der Waals surface area contributed by atoms with E-state index < -0.39 is 17.7 Å². The quantitative estimate of drug-likeness (QED) is 0.826. The molecule has 0 heterocycles. The fraction of sp³-hybridized carbons (Fsp3) is 0.0714. The monoisotopic (exact) mass is 281 g/mol. The largest absolute Gasteiger partial charge is 0.478 e. The zero-order valence-corrected chi connectivity index (χ0v) is 10.1. The van der Waals surface area contributed by atoms with Gasteiger partial charge in [-0.25, -0.2) is 4.79 Å². The minimum Gasteiger partial charge on any atom is -0.478 e. The summed E-state index contributed by atoms with van der Waals surface area (Å²) >= 11 is 0. The fourth-order valence-corrected chi connectivity index (χ4v) is 1.84. The standard InChI is InChI=1S/C14H10F3NO2/c15-14(16,17)12-7-10(18)5-6-11(12)8-1-3-9(4-2-8)13(19)20/h1-7H,18H2,(H,19,20). The highest BCUT2D eigenvalue weighted by atomic mass is 19.4. The van der Waals surface area contributed by atoms with Crippen LogP contribution in [-0.2, 0) is 6.18 Å². The highest BCUT2D eigenvalue weighted by molar-refractivity contribution is 5.88. The lowest BCUT2D eigenvalue weighted by Crippen LogP contribution is -2.08. The Balaban J connectivity index is 2.55.